The first-order chi connectivity index (χ1) is 9.84. The zero-order chi connectivity index (χ0) is 15.9. The van der Waals surface area contributed by atoms with Gasteiger partial charge in [0.1, 0.15) is 5.69 Å². The maximum Gasteiger partial charge on any atom is 0.433 e. The average molecular weight is 303 g/mol. The molecule has 0 radical (unpaired) electrons. The summed E-state index contributed by atoms with van der Waals surface area (Å²) >= 11 is 0. The second-order valence-corrected chi connectivity index (χ2v) is 4.23. The molecule has 0 saturated heterocycles. The number of unbranched alkanes of at least 4 members (excludes halogenated alkanes) is 1. The number of halogens is 3. The lowest BCUT2D eigenvalue weighted by atomic mass is 10.2. The molecule has 0 N–H and O–H groups in total. The Bertz CT molecular complexity index is 513. The third kappa shape index (κ3) is 5.85. The second kappa shape index (κ2) is 7.66. The van der Waals surface area contributed by atoms with Gasteiger partial charge in [0, 0.05) is 11.6 Å². The third-order valence-corrected chi connectivity index (χ3v) is 2.55. The normalized spacial score (nSPS) is 11.7. The van der Waals surface area contributed by atoms with Crippen molar-refractivity contribution in [3.8, 4) is 5.88 Å². The summed E-state index contributed by atoms with van der Waals surface area (Å²) < 4.78 is 47.2. The second-order valence-electron chi connectivity index (χ2n) is 4.23. The molecule has 0 aliphatic carbocycles. The number of carbonyl (C=O) groups excluding carboxylic acids is 1. The van der Waals surface area contributed by atoms with Crippen LogP contribution in [0.4, 0.5) is 13.2 Å². The number of pyridine rings is 1. The summed E-state index contributed by atoms with van der Waals surface area (Å²) in [5.74, 6) is -0.479. The number of carbonyl (C=O) groups is 1. The molecule has 1 aromatic rings. The van der Waals surface area contributed by atoms with Crippen molar-refractivity contribution in [3.63, 3.8) is 0 Å². The predicted octanol–water partition coefficient (Wildman–Crippen LogP) is 3.30. The van der Waals surface area contributed by atoms with Crippen molar-refractivity contribution < 1.29 is 27.4 Å². The highest BCUT2D eigenvalue weighted by atomic mass is 19.4. The highest BCUT2D eigenvalue weighted by Crippen LogP contribution is 2.29. The van der Waals surface area contributed by atoms with E-state index in [1.54, 1.807) is 13.0 Å². The quantitative estimate of drug-likeness (QED) is 0.459. The van der Waals surface area contributed by atoms with Gasteiger partial charge in [-0.25, -0.2) is 9.78 Å². The Morgan fingerprint density at radius 1 is 1.38 bits per heavy atom. The monoisotopic (exact) mass is 303 g/mol. The van der Waals surface area contributed by atoms with E-state index < -0.39 is 17.8 Å². The highest BCUT2D eigenvalue weighted by molar-refractivity contribution is 5.81. The van der Waals surface area contributed by atoms with Gasteiger partial charge in [0.2, 0.25) is 5.88 Å². The lowest BCUT2D eigenvalue weighted by Crippen LogP contribution is -2.10. The molecular weight excluding hydrogens is 287 g/mol. The van der Waals surface area contributed by atoms with Crippen molar-refractivity contribution in [1.29, 1.82) is 0 Å². The molecule has 0 atom stereocenters. The molecule has 21 heavy (non-hydrogen) atoms. The van der Waals surface area contributed by atoms with E-state index in [9.17, 15) is 18.0 Å². The van der Waals surface area contributed by atoms with Crippen LogP contribution in [0.5, 0.6) is 5.88 Å². The van der Waals surface area contributed by atoms with E-state index in [0.717, 1.165) is 6.07 Å². The van der Waals surface area contributed by atoms with Gasteiger partial charge in [-0.3, -0.25) is 0 Å². The summed E-state index contributed by atoms with van der Waals surface area (Å²) in [6.45, 7) is 1.83. The number of aromatic nitrogens is 1. The van der Waals surface area contributed by atoms with E-state index in [1.807, 2.05) is 0 Å². The fraction of sp³-hybridized carbons (Fsp3) is 0.429. The Morgan fingerprint density at radius 3 is 2.71 bits per heavy atom. The molecule has 116 valence electrons. The lowest BCUT2D eigenvalue weighted by molar-refractivity contribution is -0.141. The number of esters is 1. The molecule has 0 bridgehead atoms. The predicted molar refractivity (Wildman–Crippen MR) is 69.9 cm³/mol. The zero-order valence-electron chi connectivity index (χ0n) is 11.7. The Hall–Kier alpha value is -2.05. The summed E-state index contributed by atoms with van der Waals surface area (Å²) in [5.41, 5.74) is -0.443. The first-order valence-electron chi connectivity index (χ1n) is 6.26. The van der Waals surface area contributed by atoms with Crippen molar-refractivity contribution >= 4 is 5.97 Å². The van der Waals surface area contributed by atoms with E-state index in [0.29, 0.717) is 18.4 Å². The molecule has 7 heteroatoms. The molecule has 0 saturated carbocycles. The van der Waals surface area contributed by atoms with Crippen LogP contribution in [0, 0.1) is 6.92 Å². The topological polar surface area (TPSA) is 48.4 Å². The number of methoxy groups -OCH3 is 1. The Morgan fingerprint density at radius 2 is 2.10 bits per heavy atom. The van der Waals surface area contributed by atoms with E-state index in [2.05, 4.69) is 9.72 Å². The molecule has 0 fully saturated rings. The van der Waals surface area contributed by atoms with E-state index >= 15 is 0 Å². The van der Waals surface area contributed by atoms with E-state index in [4.69, 9.17) is 4.74 Å². The number of hydrogen-bond acceptors (Lipinski definition) is 4. The Labute approximate surface area is 120 Å². The van der Waals surface area contributed by atoms with Crippen molar-refractivity contribution in [2.24, 2.45) is 0 Å². The standard InChI is InChI=1S/C14H16F3NO3/c1-10-7-8-11(14(15,16)17)18-13(10)21-9-5-3-4-6-12(19)20-2/h4,6-8H,3,5,9H2,1-2H3. The van der Waals surface area contributed by atoms with Crippen LogP contribution in [0.1, 0.15) is 24.1 Å². The number of ether oxygens (including phenoxy) is 2. The molecule has 0 aliphatic rings. The molecule has 0 aliphatic heterocycles. The zero-order valence-corrected chi connectivity index (χ0v) is 11.7. The maximum atomic E-state index is 12.5. The summed E-state index contributed by atoms with van der Waals surface area (Å²) in [7, 11) is 1.28. The van der Waals surface area contributed by atoms with Crippen LogP contribution < -0.4 is 4.74 Å². The molecule has 0 amide bonds. The van der Waals surface area contributed by atoms with Gasteiger partial charge in [-0.15, -0.1) is 0 Å². The van der Waals surface area contributed by atoms with Gasteiger partial charge in [0.05, 0.1) is 13.7 Å². The molecule has 0 unspecified atom stereocenters. The Balaban J connectivity index is 2.49. The van der Waals surface area contributed by atoms with E-state index in [1.165, 1.54) is 19.3 Å². The van der Waals surface area contributed by atoms with Gasteiger partial charge in [0.15, 0.2) is 0 Å². The van der Waals surface area contributed by atoms with Gasteiger partial charge in [-0.2, -0.15) is 13.2 Å². The van der Waals surface area contributed by atoms with E-state index in [-0.39, 0.29) is 12.5 Å². The molecule has 1 heterocycles. The molecule has 1 aromatic heterocycles. The van der Waals surface area contributed by atoms with Crippen molar-refractivity contribution in [3.05, 3.63) is 35.5 Å². The van der Waals surface area contributed by atoms with Crippen LogP contribution in [0.3, 0.4) is 0 Å². The first kappa shape index (κ1) is 17.0. The molecule has 4 nitrogen and oxygen atoms in total. The molecule has 0 aromatic carbocycles. The number of hydrogen-bond donors (Lipinski definition) is 0. The maximum absolute atomic E-state index is 12.5. The highest BCUT2D eigenvalue weighted by Gasteiger charge is 2.33. The molecular formula is C14H16F3NO3. The van der Waals surface area contributed by atoms with Crippen molar-refractivity contribution in [2.75, 3.05) is 13.7 Å². The summed E-state index contributed by atoms with van der Waals surface area (Å²) in [6.07, 6.45) is -0.498. The fourth-order valence-electron chi connectivity index (χ4n) is 1.43. The number of allylic oxidation sites excluding steroid dienone is 1. The van der Waals surface area contributed by atoms with Crippen LogP contribution in [-0.4, -0.2) is 24.7 Å². The van der Waals surface area contributed by atoms with Crippen LogP contribution in [-0.2, 0) is 15.7 Å². The number of nitrogens with zero attached hydrogens (tertiary/aromatic N) is 1. The van der Waals surface area contributed by atoms with Gasteiger partial charge < -0.3 is 9.47 Å². The first-order valence-corrected chi connectivity index (χ1v) is 6.26. The van der Waals surface area contributed by atoms with Crippen LogP contribution in [0.15, 0.2) is 24.3 Å². The minimum atomic E-state index is -4.49. The number of alkyl halides is 3. The SMILES string of the molecule is COC(=O)C=CCCCOc1nc(C(F)(F)F)ccc1C. The van der Waals surface area contributed by atoms with Gasteiger partial charge >= 0.3 is 12.1 Å². The summed E-state index contributed by atoms with van der Waals surface area (Å²) in [6, 6.07) is 2.24. The fourth-order valence-corrected chi connectivity index (χ4v) is 1.43. The molecule has 0 spiro atoms. The smallest absolute Gasteiger partial charge is 0.433 e. The Kier molecular flexibility index (Phi) is 6.20. The largest absolute Gasteiger partial charge is 0.477 e. The van der Waals surface area contributed by atoms with Crippen LogP contribution in [0.25, 0.3) is 0 Å². The number of aryl methyl sites for hydroxylation is 1. The molecule has 1 rings (SSSR count). The van der Waals surface area contributed by atoms with Crippen molar-refractivity contribution in [1.82, 2.24) is 4.98 Å². The number of rotatable bonds is 6. The van der Waals surface area contributed by atoms with Gasteiger partial charge in [-0.1, -0.05) is 12.1 Å². The lowest BCUT2D eigenvalue weighted by Gasteiger charge is -2.11. The summed E-state index contributed by atoms with van der Waals surface area (Å²) in [5, 5.41) is 0. The average Bonchev–Trinajstić information content (AvgIpc) is 2.42. The van der Waals surface area contributed by atoms with Gasteiger partial charge in [-0.05, 0) is 25.8 Å². The van der Waals surface area contributed by atoms with Gasteiger partial charge in [0.25, 0.3) is 0 Å². The minimum absolute atomic E-state index is 0.0261. The third-order valence-electron chi connectivity index (χ3n) is 2.55. The van der Waals surface area contributed by atoms with Crippen LogP contribution in [0.2, 0.25) is 0 Å². The van der Waals surface area contributed by atoms with Crippen molar-refractivity contribution in [2.45, 2.75) is 25.9 Å². The summed E-state index contributed by atoms with van der Waals surface area (Å²) in [4.78, 5) is 14.2. The minimum Gasteiger partial charge on any atom is -0.477 e. The van der Waals surface area contributed by atoms with Crippen LogP contribution >= 0.6 is 0 Å².